The van der Waals surface area contributed by atoms with E-state index < -0.39 is 5.97 Å². The van der Waals surface area contributed by atoms with Crippen molar-refractivity contribution in [2.75, 3.05) is 6.61 Å². The summed E-state index contributed by atoms with van der Waals surface area (Å²) in [6.07, 6.45) is 2.71. The molecule has 100 valence electrons. The quantitative estimate of drug-likeness (QED) is 0.427. The molecule has 1 aliphatic carbocycles. The zero-order chi connectivity index (χ0) is 14.0. The molecule has 3 nitrogen and oxygen atoms in total. The summed E-state index contributed by atoms with van der Waals surface area (Å²) in [4.78, 5) is 11.8. The molecule has 0 aromatic carbocycles. The van der Waals surface area contributed by atoms with Crippen LogP contribution >= 0.6 is 0 Å². The number of hydrogen-bond acceptors (Lipinski definition) is 3. The highest BCUT2D eigenvalue weighted by molar-refractivity contribution is 5.93. The van der Waals surface area contributed by atoms with E-state index in [9.17, 15) is 10.1 Å². The molecule has 0 aromatic rings. The average Bonchev–Trinajstić information content (AvgIpc) is 2.13. The Kier molecular flexibility index (Phi) is 4.21. The summed E-state index contributed by atoms with van der Waals surface area (Å²) in [6, 6.07) is 2.04. The maximum absolute atomic E-state index is 11.8. The monoisotopic (exact) mass is 249 g/mol. The van der Waals surface area contributed by atoms with E-state index in [0.29, 0.717) is 6.61 Å². The number of esters is 1. The van der Waals surface area contributed by atoms with Gasteiger partial charge in [0.1, 0.15) is 11.6 Å². The normalized spacial score (nSPS) is 21.0. The predicted octanol–water partition coefficient (Wildman–Crippen LogP) is 3.61. The lowest BCUT2D eigenvalue weighted by atomic mass is 9.63. The standard InChI is InChI=1S/C15H23NO2/c1-6-18-13(17)12(9-16)11-7-14(2,3)10-15(4,5)8-11/h6-8,10H2,1-5H3. The average molecular weight is 249 g/mol. The Morgan fingerprint density at radius 2 is 1.78 bits per heavy atom. The van der Waals surface area contributed by atoms with Gasteiger partial charge in [-0.05, 0) is 42.6 Å². The molecule has 18 heavy (non-hydrogen) atoms. The van der Waals surface area contributed by atoms with E-state index in [1.54, 1.807) is 6.92 Å². The molecule has 0 unspecified atom stereocenters. The highest BCUT2D eigenvalue weighted by Gasteiger charge is 2.37. The fourth-order valence-corrected chi connectivity index (χ4v) is 3.29. The van der Waals surface area contributed by atoms with Gasteiger partial charge < -0.3 is 4.74 Å². The van der Waals surface area contributed by atoms with Gasteiger partial charge in [-0.3, -0.25) is 0 Å². The lowest BCUT2D eigenvalue weighted by Gasteiger charge is -2.42. The molecule has 0 saturated heterocycles. The first-order chi connectivity index (χ1) is 8.21. The maximum Gasteiger partial charge on any atom is 0.348 e. The lowest BCUT2D eigenvalue weighted by Crippen LogP contribution is -2.31. The third-order valence-corrected chi connectivity index (χ3v) is 3.29. The van der Waals surface area contributed by atoms with Gasteiger partial charge in [-0.15, -0.1) is 0 Å². The van der Waals surface area contributed by atoms with Crippen LogP contribution in [0.2, 0.25) is 0 Å². The van der Waals surface area contributed by atoms with Crippen LogP contribution in [0, 0.1) is 22.2 Å². The van der Waals surface area contributed by atoms with Crippen molar-refractivity contribution in [1.29, 1.82) is 5.26 Å². The van der Waals surface area contributed by atoms with Crippen molar-refractivity contribution in [3.8, 4) is 6.07 Å². The number of carbonyl (C=O) groups excluding carboxylic acids is 1. The molecule has 0 aliphatic heterocycles. The van der Waals surface area contributed by atoms with Gasteiger partial charge in [0.25, 0.3) is 0 Å². The summed E-state index contributed by atoms with van der Waals surface area (Å²) in [6.45, 7) is 10.8. The topological polar surface area (TPSA) is 50.1 Å². The molecule has 3 heteroatoms. The van der Waals surface area contributed by atoms with Crippen LogP contribution in [0.3, 0.4) is 0 Å². The molecule has 0 spiro atoms. The third kappa shape index (κ3) is 3.60. The number of hydrogen-bond donors (Lipinski definition) is 0. The van der Waals surface area contributed by atoms with Crippen LogP contribution in [0.5, 0.6) is 0 Å². The van der Waals surface area contributed by atoms with E-state index in [2.05, 4.69) is 27.7 Å². The molecule has 0 radical (unpaired) electrons. The Morgan fingerprint density at radius 1 is 1.28 bits per heavy atom. The van der Waals surface area contributed by atoms with Gasteiger partial charge in [0, 0.05) is 0 Å². The molecule has 0 heterocycles. The van der Waals surface area contributed by atoms with Crippen LogP contribution < -0.4 is 0 Å². The summed E-state index contributed by atoms with van der Waals surface area (Å²) in [5, 5.41) is 9.21. The van der Waals surface area contributed by atoms with Crippen LogP contribution in [-0.2, 0) is 9.53 Å². The van der Waals surface area contributed by atoms with Crippen LogP contribution in [0.4, 0.5) is 0 Å². The van der Waals surface area contributed by atoms with Gasteiger partial charge >= 0.3 is 5.97 Å². The Hall–Kier alpha value is -1.30. The molecule has 0 amide bonds. The first-order valence-corrected chi connectivity index (χ1v) is 6.50. The highest BCUT2D eigenvalue weighted by Crippen LogP contribution is 2.48. The fraction of sp³-hybridized carbons (Fsp3) is 0.733. The second kappa shape index (κ2) is 5.14. The van der Waals surface area contributed by atoms with E-state index >= 15 is 0 Å². The molecule has 1 saturated carbocycles. The second-order valence-electron chi connectivity index (χ2n) is 6.67. The van der Waals surface area contributed by atoms with Crippen molar-refractivity contribution in [2.45, 2.75) is 53.9 Å². The Balaban J connectivity index is 3.11. The number of carbonyl (C=O) groups is 1. The van der Waals surface area contributed by atoms with Gasteiger partial charge in [-0.2, -0.15) is 5.26 Å². The first-order valence-electron chi connectivity index (χ1n) is 6.50. The number of rotatable bonds is 2. The fourth-order valence-electron chi connectivity index (χ4n) is 3.29. The van der Waals surface area contributed by atoms with E-state index in [1.807, 2.05) is 6.07 Å². The molecule has 0 bridgehead atoms. The minimum Gasteiger partial charge on any atom is -0.462 e. The Labute approximate surface area is 110 Å². The summed E-state index contributed by atoms with van der Waals surface area (Å²) in [5.41, 5.74) is 1.44. The maximum atomic E-state index is 11.8. The SMILES string of the molecule is CCOC(=O)C(C#N)=C1CC(C)(C)CC(C)(C)C1. The molecule has 0 aromatic heterocycles. The number of nitrogens with zero attached hydrogens (tertiary/aromatic N) is 1. The van der Waals surface area contributed by atoms with Gasteiger partial charge in [0.05, 0.1) is 6.61 Å². The van der Waals surface area contributed by atoms with Crippen molar-refractivity contribution in [3.05, 3.63) is 11.1 Å². The largest absolute Gasteiger partial charge is 0.462 e. The summed E-state index contributed by atoms with van der Waals surface area (Å²) in [7, 11) is 0. The summed E-state index contributed by atoms with van der Waals surface area (Å²) < 4.78 is 4.97. The Bertz CT molecular complexity index is 393. The van der Waals surface area contributed by atoms with Crippen molar-refractivity contribution in [3.63, 3.8) is 0 Å². The minimum atomic E-state index is -0.469. The van der Waals surface area contributed by atoms with Crippen molar-refractivity contribution < 1.29 is 9.53 Å². The molecule has 1 fully saturated rings. The molecule has 1 rings (SSSR count). The van der Waals surface area contributed by atoms with Gasteiger partial charge in [-0.25, -0.2) is 4.79 Å². The van der Waals surface area contributed by atoms with E-state index in [4.69, 9.17) is 4.74 Å². The van der Waals surface area contributed by atoms with E-state index in [1.165, 1.54) is 0 Å². The Morgan fingerprint density at radius 3 is 2.17 bits per heavy atom. The zero-order valence-electron chi connectivity index (χ0n) is 12.1. The third-order valence-electron chi connectivity index (χ3n) is 3.29. The summed E-state index contributed by atoms with van der Waals surface area (Å²) >= 11 is 0. The van der Waals surface area contributed by atoms with Crippen LogP contribution in [0.15, 0.2) is 11.1 Å². The van der Waals surface area contributed by atoms with E-state index in [-0.39, 0.29) is 16.4 Å². The molecular formula is C15H23NO2. The van der Waals surface area contributed by atoms with Gasteiger partial charge in [0.2, 0.25) is 0 Å². The van der Waals surface area contributed by atoms with Crippen LogP contribution in [-0.4, -0.2) is 12.6 Å². The first kappa shape index (κ1) is 14.8. The second-order valence-corrected chi connectivity index (χ2v) is 6.67. The lowest BCUT2D eigenvalue weighted by molar-refractivity contribution is -0.138. The van der Waals surface area contributed by atoms with Crippen molar-refractivity contribution >= 4 is 5.97 Å². The molecule has 0 N–H and O–H groups in total. The van der Waals surface area contributed by atoms with Crippen LogP contribution in [0.1, 0.15) is 53.9 Å². The predicted molar refractivity (Wildman–Crippen MR) is 70.7 cm³/mol. The van der Waals surface area contributed by atoms with Gasteiger partial charge in [0.15, 0.2) is 0 Å². The zero-order valence-corrected chi connectivity index (χ0v) is 12.1. The molecule has 0 atom stereocenters. The molecule has 1 aliphatic rings. The highest BCUT2D eigenvalue weighted by atomic mass is 16.5. The number of nitriles is 1. The minimum absolute atomic E-state index is 0.131. The van der Waals surface area contributed by atoms with E-state index in [0.717, 1.165) is 24.8 Å². The smallest absolute Gasteiger partial charge is 0.348 e. The summed E-state index contributed by atoms with van der Waals surface area (Å²) in [5.74, 6) is -0.469. The van der Waals surface area contributed by atoms with Gasteiger partial charge in [-0.1, -0.05) is 27.7 Å². The van der Waals surface area contributed by atoms with Crippen LogP contribution in [0.25, 0.3) is 0 Å². The molecular weight excluding hydrogens is 226 g/mol. The number of allylic oxidation sites excluding steroid dienone is 1. The van der Waals surface area contributed by atoms with Crippen molar-refractivity contribution in [2.24, 2.45) is 10.8 Å². The number of ether oxygens (including phenoxy) is 1. The van der Waals surface area contributed by atoms with Crippen molar-refractivity contribution in [1.82, 2.24) is 0 Å².